The summed E-state index contributed by atoms with van der Waals surface area (Å²) in [5, 5.41) is 4.71. The van der Waals surface area contributed by atoms with Crippen LogP contribution in [0, 0.1) is 12.7 Å². The van der Waals surface area contributed by atoms with Crippen molar-refractivity contribution in [2.75, 3.05) is 13.1 Å². The van der Waals surface area contributed by atoms with E-state index in [0.717, 1.165) is 12.8 Å². The van der Waals surface area contributed by atoms with Crippen LogP contribution in [0.25, 0.3) is 22.1 Å². The Morgan fingerprint density at radius 1 is 1.22 bits per heavy atom. The lowest BCUT2D eigenvalue weighted by Gasteiger charge is -2.30. The van der Waals surface area contributed by atoms with Gasteiger partial charge in [-0.15, -0.1) is 11.3 Å². The minimum atomic E-state index is -0.320. The molecule has 5 rings (SSSR count). The fraction of sp³-hybridized carbons (Fsp3) is 0.273. The van der Waals surface area contributed by atoms with Gasteiger partial charge >= 0.3 is 0 Å². The van der Waals surface area contributed by atoms with E-state index in [-0.39, 0.29) is 17.6 Å². The number of aromatic nitrogens is 5. The third kappa shape index (κ3) is 4.01. The summed E-state index contributed by atoms with van der Waals surface area (Å²) in [6.45, 7) is 2.98. The molecule has 0 aliphatic carbocycles. The van der Waals surface area contributed by atoms with Gasteiger partial charge in [0.05, 0.1) is 17.8 Å². The zero-order valence-corrected chi connectivity index (χ0v) is 18.0. The van der Waals surface area contributed by atoms with Gasteiger partial charge in [-0.05, 0) is 44.0 Å². The van der Waals surface area contributed by atoms with Crippen LogP contribution < -0.4 is 0 Å². The summed E-state index contributed by atoms with van der Waals surface area (Å²) < 4.78 is 18.7. The first kappa shape index (κ1) is 20.4. The van der Waals surface area contributed by atoms with E-state index in [1.165, 1.54) is 23.5 Å². The lowest BCUT2D eigenvalue weighted by molar-refractivity contribution is 0.0699. The summed E-state index contributed by atoms with van der Waals surface area (Å²) in [6.07, 6.45) is 6.52. The largest absolute Gasteiger partial charge is 0.339 e. The Morgan fingerprint density at radius 2 is 2.06 bits per heavy atom. The summed E-state index contributed by atoms with van der Waals surface area (Å²) >= 11 is 1.33. The first-order chi connectivity index (χ1) is 15.6. The molecule has 1 amide bonds. The maximum Gasteiger partial charge on any atom is 0.265 e. The van der Waals surface area contributed by atoms with Crippen molar-refractivity contribution in [3.8, 4) is 22.1 Å². The monoisotopic (exact) mass is 450 g/mol. The smallest absolute Gasteiger partial charge is 0.265 e. The molecule has 1 aliphatic heterocycles. The van der Waals surface area contributed by atoms with Crippen molar-refractivity contribution in [1.82, 2.24) is 30.0 Å². The molecule has 3 aromatic heterocycles. The highest BCUT2D eigenvalue weighted by Gasteiger charge is 2.31. The standard InChI is InChI=1S/C22H19FN6O2S/c1-13-18(32-21(26-13)17-11-24-8-9-25-17)22(30)29-10-2-3-15(12-29)20-27-19(28-31-20)14-4-6-16(23)7-5-14/h4-9,11,15H,2-3,10,12H2,1H3/t15-/m0/s1. The van der Waals surface area contributed by atoms with Crippen LogP contribution in [0.2, 0.25) is 0 Å². The van der Waals surface area contributed by atoms with E-state index >= 15 is 0 Å². The highest BCUT2D eigenvalue weighted by atomic mass is 32.1. The highest BCUT2D eigenvalue weighted by Crippen LogP contribution is 2.31. The molecule has 1 aliphatic rings. The second-order valence-electron chi connectivity index (χ2n) is 7.58. The van der Waals surface area contributed by atoms with Gasteiger partial charge in [0.15, 0.2) is 0 Å². The van der Waals surface area contributed by atoms with Gasteiger partial charge in [-0.1, -0.05) is 5.16 Å². The minimum Gasteiger partial charge on any atom is -0.339 e. The van der Waals surface area contributed by atoms with E-state index in [0.29, 0.717) is 51.6 Å². The third-order valence-corrected chi connectivity index (χ3v) is 6.54. The van der Waals surface area contributed by atoms with Gasteiger partial charge in [-0.3, -0.25) is 14.8 Å². The maximum atomic E-state index is 13.3. The lowest BCUT2D eigenvalue weighted by atomic mass is 9.97. The normalized spacial score (nSPS) is 16.3. The number of carbonyl (C=O) groups is 1. The molecular weight excluding hydrogens is 431 g/mol. The van der Waals surface area contributed by atoms with Gasteiger partial charge in [0.25, 0.3) is 5.91 Å². The van der Waals surface area contributed by atoms with Crippen LogP contribution in [-0.4, -0.2) is 49.0 Å². The Kier molecular flexibility index (Phi) is 5.44. The first-order valence-corrected chi connectivity index (χ1v) is 11.0. The van der Waals surface area contributed by atoms with Gasteiger partial charge in [-0.25, -0.2) is 9.37 Å². The molecule has 10 heteroatoms. The summed E-state index contributed by atoms with van der Waals surface area (Å²) in [5.74, 6) is 0.471. The predicted octanol–water partition coefficient (Wildman–Crippen LogP) is 4.12. The van der Waals surface area contributed by atoms with Crippen molar-refractivity contribution in [3.63, 3.8) is 0 Å². The molecule has 0 spiro atoms. The van der Waals surface area contributed by atoms with Gasteiger partial charge in [0, 0.05) is 31.0 Å². The van der Waals surface area contributed by atoms with E-state index in [4.69, 9.17) is 4.52 Å². The summed E-state index contributed by atoms with van der Waals surface area (Å²) in [5.41, 5.74) is 2.01. The number of hydrogen-bond donors (Lipinski definition) is 0. The Balaban J connectivity index is 1.33. The van der Waals surface area contributed by atoms with Gasteiger partial charge in [0.1, 0.15) is 21.4 Å². The number of piperidine rings is 1. The second kappa shape index (κ2) is 8.54. The molecule has 1 aromatic carbocycles. The predicted molar refractivity (Wildman–Crippen MR) is 115 cm³/mol. The highest BCUT2D eigenvalue weighted by molar-refractivity contribution is 7.17. The lowest BCUT2D eigenvalue weighted by Crippen LogP contribution is -2.39. The van der Waals surface area contributed by atoms with Crippen LogP contribution in [0.3, 0.4) is 0 Å². The molecule has 4 heterocycles. The number of thiazole rings is 1. The van der Waals surface area contributed by atoms with Crippen molar-refractivity contribution in [3.05, 3.63) is 65.1 Å². The number of benzene rings is 1. The molecule has 8 nitrogen and oxygen atoms in total. The topological polar surface area (TPSA) is 97.9 Å². The van der Waals surface area contributed by atoms with Gasteiger partial charge < -0.3 is 9.42 Å². The van der Waals surface area contributed by atoms with Crippen LogP contribution in [0.4, 0.5) is 4.39 Å². The van der Waals surface area contributed by atoms with E-state index in [1.54, 1.807) is 30.7 Å². The summed E-state index contributed by atoms with van der Waals surface area (Å²) in [7, 11) is 0. The zero-order chi connectivity index (χ0) is 22.1. The Hall–Kier alpha value is -3.53. The average Bonchev–Trinajstić information content (AvgIpc) is 3.47. The van der Waals surface area contributed by atoms with Crippen molar-refractivity contribution in [1.29, 1.82) is 0 Å². The number of carbonyl (C=O) groups excluding carboxylic acids is 1. The van der Waals surface area contributed by atoms with Crippen LogP contribution in [0.1, 0.15) is 40.0 Å². The molecule has 0 bridgehead atoms. The molecule has 0 unspecified atom stereocenters. The number of rotatable bonds is 4. The molecule has 4 aromatic rings. The Morgan fingerprint density at radius 3 is 2.84 bits per heavy atom. The number of aryl methyl sites for hydroxylation is 1. The molecule has 1 saturated heterocycles. The molecule has 0 saturated carbocycles. The van der Waals surface area contributed by atoms with Crippen molar-refractivity contribution >= 4 is 17.2 Å². The molecular formula is C22H19FN6O2S. The quantitative estimate of drug-likeness (QED) is 0.461. The van der Waals surface area contributed by atoms with Crippen molar-refractivity contribution in [2.24, 2.45) is 0 Å². The first-order valence-electron chi connectivity index (χ1n) is 10.2. The van der Waals surface area contributed by atoms with E-state index in [2.05, 4.69) is 25.1 Å². The van der Waals surface area contributed by atoms with E-state index in [1.807, 2.05) is 11.8 Å². The van der Waals surface area contributed by atoms with Gasteiger partial charge in [-0.2, -0.15) is 4.98 Å². The summed E-state index contributed by atoms with van der Waals surface area (Å²) in [6, 6.07) is 5.95. The number of nitrogens with zero attached hydrogens (tertiary/aromatic N) is 6. The fourth-order valence-corrected chi connectivity index (χ4v) is 4.73. The molecule has 0 radical (unpaired) electrons. The van der Waals surface area contributed by atoms with Crippen molar-refractivity contribution in [2.45, 2.75) is 25.7 Å². The van der Waals surface area contributed by atoms with Crippen LogP contribution in [0.5, 0.6) is 0 Å². The van der Waals surface area contributed by atoms with Crippen LogP contribution in [0.15, 0.2) is 47.4 Å². The third-order valence-electron chi connectivity index (χ3n) is 5.38. The summed E-state index contributed by atoms with van der Waals surface area (Å²) in [4.78, 5) is 33.0. The fourth-order valence-electron chi connectivity index (χ4n) is 3.74. The Bertz CT molecular complexity index is 1240. The molecule has 162 valence electrons. The van der Waals surface area contributed by atoms with Crippen LogP contribution >= 0.6 is 11.3 Å². The number of likely N-dealkylation sites (tertiary alicyclic amines) is 1. The SMILES string of the molecule is Cc1nc(-c2cnccn2)sc1C(=O)N1CCC[C@H](c2nc(-c3ccc(F)cc3)no2)C1. The van der Waals surface area contributed by atoms with Crippen molar-refractivity contribution < 1.29 is 13.7 Å². The minimum absolute atomic E-state index is 0.0536. The van der Waals surface area contributed by atoms with Crippen LogP contribution in [-0.2, 0) is 0 Å². The molecule has 1 atom stereocenters. The number of amides is 1. The van der Waals surface area contributed by atoms with Gasteiger partial charge in [0.2, 0.25) is 11.7 Å². The average molecular weight is 450 g/mol. The number of halogens is 1. The second-order valence-corrected chi connectivity index (χ2v) is 8.58. The van der Waals surface area contributed by atoms with E-state index in [9.17, 15) is 9.18 Å². The maximum absolute atomic E-state index is 13.3. The molecule has 1 fully saturated rings. The zero-order valence-electron chi connectivity index (χ0n) is 17.2. The molecule has 0 N–H and O–H groups in total. The van der Waals surface area contributed by atoms with E-state index < -0.39 is 0 Å². The molecule has 32 heavy (non-hydrogen) atoms. The number of hydrogen-bond acceptors (Lipinski definition) is 8. The Labute approximate surface area is 187 Å².